The van der Waals surface area contributed by atoms with E-state index in [1.807, 2.05) is 35.2 Å². The van der Waals surface area contributed by atoms with E-state index < -0.39 is 0 Å². The molecule has 0 aromatic heterocycles. The van der Waals surface area contributed by atoms with Crippen LogP contribution in [0.4, 0.5) is 5.69 Å². The summed E-state index contributed by atoms with van der Waals surface area (Å²) in [5.41, 5.74) is 6.70. The fraction of sp³-hybridized carbons (Fsp3) is 0.280. The molecule has 30 heavy (non-hydrogen) atoms. The molecular weight excluding hydrogens is 392 g/mol. The zero-order chi connectivity index (χ0) is 22.3. The quantitative estimate of drug-likeness (QED) is 0.433. The molecule has 5 heteroatoms. The van der Waals surface area contributed by atoms with Crippen LogP contribution in [-0.4, -0.2) is 28.2 Å². The number of nitrogens with one attached hydrogen (secondary N) is 1. The maximum absolute atomic E-state index is 12.4. The second-order valence-corrected chi connectivity index (χ2v) is 8.53. The molecule has 0 unspecified atom stereocenters. The van der Waals surface area contributed by atoms with Crippen molar-refractivity contribution < 1.29 is 9.59 Å². The van der Waals surface area contributed by atoms with Crippen molar-refractivity contribution >= 4 is 27.7 Å². The van der Waals surface area contributed by atoms with Crippen molar-refractivity contribution in [1.29, 1.82) is 0 Å². The molecular formula is C25H30N2O2S. The van der Waals surface area contributed by atoms with E-state index in [4.69, 9.17) is 0 Å². The van der Waals surface area contributed by atoms with E-state index in [-0.39, 0.29) is 15.8 Å². The Morgan fingerprint density at radius 1 is 1.00 bits per heavy atom. The number of carbonyl (C=O) groups is 2. The molecule has 2 rings (SSSR count). The minimum absolute atomic E-state index is 0.253. The van der Waals surface area contributed by atoms with Crippen LogP contribution >= 0.6 is 11.8 Å². The molecule has 0 saturated heterocycles. The number of hydrogen-bond donors (Lipinski definition) is 1. The smallest absolute Gasteiger partial charge is 0.228 e. The number of allylic oxidation sites excluding steroid dienone is 1. The number of benzene rings is 2. The Bertz CT molecular complexity index is 951. The van der Waals surface area contributed by atoms with Gasteiger partial charge in [-0.15, -0.1) is 0 Å². The molecule has 0 aliphatic rings. The predicted octanol–water partition coefficient (Wildman–Crippen LogP) is 5.40. The number of rotatable bonds is 9. The molecule has 0 amide bonds. The summed E-state index contributed by atoms with van der Waals surface area (Å²) in [7, 11) is 0. The zero-order valence-electron chi connectivity index (χ0n) is 18.2. The Kier molecular flexibility index (Phi) is 8.48. The van der Waals surface area contributed by atoms with Crippen LogP contribution in [-0.2, 0) is 16.1 Å². The molecule has 0 heterocycles. The normalized spacial score (nSPS) is 10.4. The molecule has 4 nitrogen and oxygen atoms in total. The van der Waals surface area contributed by atoms with Gasteiger partial charge in [-0.2, -0.15) is 0 Å². The summed E-state index contributed by atoms with van der Waals surface area (Å²) >= 11 is 0.662. The number of thioether (sulfide) groups is 1. The Hall–Kier alpha value is -2.79. The Morgan fingerprint density at radius 2 is 1.63 bits per heavy atom. The molecule has 0 aliphatic carbocycles. The maximum atomic E-state index is 12.4. The standard InChI is InChI=1S/C25H30N2O2S/c1-17-14-19(3)23(15-18(17)2)16-27(13-12-26-24-10-8-7-9-11-24)21(5)20(4)25(29)30-22(6)28/h7-11,14-15,26H,4-5,12-13,16H2,1-3,6H3. The number of hydrogen-bond acceptors (Lipinski definition) is 5. The molecule has 0 bridgehead atoms. The van der Waals surface area contributed by atoms with Gasteiger partial charge in [0.15, 0.2) is 5.12 Å². The van der Waals surface area contributed by atoms with Gasteiger partial charge in [0.1, 0.15) is 0 Å². The lowest BCUT2D eigenvalue weighted by Gasteiger charge is -2.29. The topological polar surface area (TPSA) is 49.4 Å². The Labute approximate surface area is 184 Å². The lowest BCUT2D eigenvalue weighted by atomic mass is 10.00. The summed E-state index contributed by atoms with van der Waals surface area (Å²) in [5, 5.41) is 2.78. The molecule has 1 N–H and O–H groups in total. The lowest BCUT2D eigenvalue weighted by molar-refractivity contribution is -0.110. The van der Waals surface area contributed by atoms with Crippen LogP contribution in [0.25, 0.3) is 0 Å². The van der Waals surface area contributed by atoms with Gasteiger partial charge in [0, 0.05) is 43.5 Å². The fourth-order valence-corrected chi connectivity index (χ4v) is 3.60. The highest BCUT2D eigenvalue weighted by molar-refractivity contribution is 8.26. The molecule has 158 valence electrons. The van der Waals surface area contributed by atoms with Crippen LogP contribution in [0.3, 0.4) is 0 Å². The Balaban J connectivity index is 2.19. The van der Waals surface area contributed by atoms with Gasteiger partial charge >= 0.3 is 0 Å². The van der Waals surface area contributed by atoms with E-state index in [0.717, 1.165) is 5.69 Å². The van der Waals surface area contributed by atoms with Crippen molar-refractivity contribution in [3.05, 3.63) is 89.1 Å². The summed E-state index contributed by atoms with van der Waals surface area (Å²) in [6, 6.07) is 14.3. The second kappa shape index (κ2) is 10.8. The van der Waals surface area contributed by atoms with E-state index in [9.17, 15) is 9.59 Å². The van der Waals surface area contributed by atoms with Crippen molar-refractivity contribution in [2.45, 2.75) is 34.2 Å². The van der Waals surface area contributed by atoms with Crippen molar-refractivity contribution in [3.8, 4) is 0 Å². The van der Waals surface area contributed by atoms with E-state index >= 15 is 0 Å². The van der Waals surface area contributed by atoms with Crippen molar-refractivity contribution in [3.63, 3.8) is 0 Å². The molecule has 0 saturated carbocycles. The summed E-state index contributed by atoms with van der Waals surface area (Å²) in [4.78, 5) is 25.7. The van der Waals surface area contributed by atoms with Crippen LogP contribution in [0.2, 0.25) is 0 Å². The largest absolute Gasteiger partial charge is 0.383 e. The van der Waals surface area contributed by atoms with E-state index in [2.05, 4.69) is 51.4 Å². The number of para-hydroxylation sites is 1. The number of anilines is 1. The molecule has 0 fully saturated rings. The summed E-state index contributed by atoms with van der Waals surface area (Å²) in [6.45, 7) is 17.6. The molecule has 2 aromatic carbocycles. The van der Waals surface area contributed by atoms with Crippen molar-refractivity contribution in [2.75, 3.05) is 18.4 Å². The lowest BCUT2D eigenvalue weighted by Crippen LogP contribution is -2.30. The first-order valence-electron chi connectivity index (χ1n) is 9.90. The molecule has 0 spiro atoms. The third kappa shape index (κ3) is 6.63. The van der Waals surface area contributed by atoms with E-state index in [1.165, 1.54) is 29.2 Å². The van der Waals surface area contributed by atoms with Crippen molar-refractivity contribution in [1.82, 2.24) is 4.90 Å². The summed E-state index contributed by atoms with van der Waals surface area (Å²) < 4.78 is 0. The van der Waals surface area contributed by atoms with E-state index in [0.29, 0.717) is 37.1 Å². The number of carbonyl (C=O) groups excluding carboxylic acids is 2. The van der Waals surface area contributed by atoms with Gasteiger partial charge < -0.3 is 10.2 Å². The molecule has 0 radical (unpaired) electrons. The highest BCUT2D eigenvalue weighted by Gasteiger charge is 2.19. The maximum Gasteiger partial charge on any atom is 0.228 e. The first kappa shape index (κ1) is 23.5. The molecule has 2 aromatic rings. The van der Waals surface area contributed by atoms with Gasteiger partial charge in [0.25, 0.3) is 0 Å². The van der Waals surface area contributed by atoms with E-state index in [1.54, 1.807) is 0 Å². The van der Waals surface area contributed by atoms with Crippen LogP contribution < -0.4 is 5.32 Å². The highest BCUT2D eigenvalue weighted by Crippen LogP contribution is 2.23. The number of aryl methyl sites for hydroxylation is 3. The number of nitrogens with zero attached hydrogens (tertiary/aromatic N) is 1. The zero-order valence-corrected chi connectivity index (χ0v) is 19.1. The van der Waals surface area contributed by atoms with Gasteiger partial charge in [0.05, 0.1) is 0 Å². The summed E-state index contributed by atoms with van der Waals surface area (Å²) in [5.74, 6) is 0. The van der Waals surface area contributed by atoms with Crippen LogP contribution in [0, 0.1) is 20.8 Å². The monoisotopic (exact) mass is 422 g/mol. The van der Waals surface area contributed by atoms with Crippen LogP contribution in [0.1, 0.15) is 29.2 Å². The SMILES string of the molecule is C=C(C(=C)N(CCNc1ccccc1)Cc1cc(C)c(C)cc1C)C(=O)SC(C)=O. The Morgan fingerprint density at radius 3 is 2.27 bits per heavy atom. The van der Waals surface area contributed by atoms with Crippen molar-refractivity contribution in [2.24, 2.45) is 0 Å². The first-order chi connectivity index (χ1) is 14.2. The fourth-order valence-electron chi connectivity index (χ4n) is 3.10. The van der Waals surface area contributed by atoms with Gasteiger partial charge in [-0.05, 0) is 66.9 Å². The first-order valence-corrected chi connectivity index (χ1v) is 10.7. The van der Waals surface area contributed by atoms with Gasteiger partial charge in [0.2, 0.25) is 5.12 Å². The van der Waals surface area contributed by atoms with Gasteiger partial charge in [-0.25, -0.2) is 0 Å². The highest BCUT2D eigenvalue weighted by atomic mass is 32.2. The second-order valence-electron chi connectivity index (χ2n) is 7.38. The van der Waals surface area contributed by atoms with Gasteiger partial charge in [-0.3, -0.25) is 9.59 Å². The minimum Gasteiger partial charge on any atom is -0.383 e. The third-order valence-electron chi connectivity index (χ3n) is 5.01. The molecule has 0 atom stereocenters. The minimum atomic E-state index is -0.356. The van der Waals surface area contributed by atoms with Gasteiger partial charge in [-0.1, -0.05) is 43.5 Å². The average molecular weight is 423 g/mol. The average Bonchev–Trinajstić information content (AvgIpc) is 2.70. The predicted molar refractivity (Wildman–Crippen MR) is 128 cm³/mol. The van der Waals surface area contributed by atoms with Crippen LogP contribution in [0.15, 0.2) is 66.9 Å². The molecule has 0 aliphatic heterocycles. The van der Waals surface area contributed by atoms with Crippen LogP contribution in [0.5, 0.6) is 0 Å². The summed E-state index contributed by atoms with van der Waals surface area (Å²) in [6.07, 6.45) is 0. The third-order valence-corrected chi connectivity index (χ3v) is 5.73.